The van der Waals surface area contributed by atoms with Crippen LogP contribution in [0, 0.1) is 0 Å². The fourth-order valence-electron chi connectivity index (χ4n) is 1.36. The first kappa shape index (κ1) is 14.5. The molecule has 2 N–H and O–H groups in total. The molecule has 0 radical (unpaired) electrons. The number of hydrogen-bond donors (Lipinski definition) is 2. The fourth-order valence-corrected chi connectivity index (χ4v) is 1.42. The van der Waals surface area contributed by atoms with Crippen molar-refractivity contribution in [3.05, 3.63) is 29.8 Å². The molecule has 1 rings (SSSR count). The van der Waals surface area contributed by atoms with E-state index in [9.17, 15) is 9.59 Å². The predicted octanol–water partition coefficient (Wildman–Crippen LogP) is 2.39. The van der Waals surface area contributed by atoms with Gasteiger partial charge in [-0.3, -0.25) is 9.59 Å². The van der Waals surface area contributed by atoms with Crippen LogP contribution in [0.3, 0.4) is 0 Å². The molecule has 0 fully saturated rings. The lowest BCUT2D eigenvalue weighted by atomic mass is 10.1. The summed E-state index contributed by atoms with van der Waals surface area (Å²) < 4.78 is 0. The van der Waals surface area contributed by atoms with E-state index in [4.69, 9.17) is 11.6 Å². The Hall–Kier alpha value is -1.55. The Kier molecular flexibility index (Phi) is 5.16. The second kappa shape index (κ2) is 6.40. The summed E-state index contributed by atoms with van der Waals surface area (Å²) in [6.45, 7) is 5.33. The number of para-hydroxylation sites is 1. The number of nitrogens with one attached hydrogen (secondary N) is 2. The van der Waals surface area contributed by atoms with Gasteiger partial charge < -0.3 is 10.6 Å². The van der Waals surface area contributed by atoms with E-state index < -0.39 is 5.38 Å². The topological polar surface area (TPSA) is 58.2 Å². The molecule has 0 aliphatic heterocycles. The number of benzene rings is 1. The van der Waals surface area contributed by atoms with Crippen molar-refractivity contribution in [3.63, 3.8) is 0 Å². The number of alkyl halides is 1. The first-order chi connectivity index (χ1) is 8.41. The van der Waals surface area contributed by atoms with Gasteiger partial charge in [0, 0.05) is 6.04 Å². The molecule has 0 aliphatic rings. The van der Waals surface area contributed by atoms with E-state index in [1.54, 1.807) is 31.2 Å². The predicted molar refractivity (Wildman–Crippen MR) is 73.0 cm³/mol. The average Bonchev–Trinajstić information content (AvgIpc) is 2.28. The highest BCUT2D eigenvalue weighted by Gasteiger charge is 2.15. The van der Waals surface area contributed by atoms with Crippen molar-refractivity contribution >= 4 is 29.1 Å². The zero-order valence-corrected chi connectivity index (χ0v) is 11.4. The molecule has 0 spiro atoms. The number of amides is 2. The average molecular weight is 269 g/mol. The van der Waals surface area contributed by atoms with Crippen molar-refractivity contribution in [3.8, 4) is 0 Å². The van der Waals surface area contributed by atoms with E-state index in [1.165, 1.54) is 0 Å². The summed E-state index contributed by atoms with van der Waals surface area (Å²) in [7, 11) is 0. The molecule has 0 aromatic heterocycles. The monoisotopic (exact) mass is 268 g/mol. The molecule has 0 heterocycles. The van der Waals surface area contributed by atoms with Gasteiger partial charge in [0.2, 0.25) is 5.91 Å². The van der Waals surface area contributed by atoms with Gasteiger partial charge in [-0.05, 0) is 32.9 Å². The number of carbonyl (C=O) groups excluding carboxylic acids is 2. The number of halogens is 1. The van der Waals surface area contributed by atoms with E-state index in [0.717, 1.165) is 0 Å². The summed E-state index contributed by atoms with van der Waals surface area (Å²) in [5.74, 6) is -0.551. The Labute approximate surface area is 112 Å². The van der Waals surface area contributed by atoms with Crippen molar-refractivity contribution in [1.29, 1.82) is 0 Å². The molecule has 1 aromatic rings. The largest absolute Gasteiger partial charge is 0.350 e. The Bertz CT molecular complexity index is 444. The van der Waals surface area contributed by atoms with Gasteiger partial charge in [-0.2, -0.15) is 0 Å². The van der Waals surface area contributed by atoms with Crippen molar-refractivity contribution in [2.75, 3.05) is 5.32 Å². The molecule has 0 saturated heterocycles. The quantitative estimate of drug-likeness (QED) is 0.824. The molecule has 4 nitrogen and oxygen atoms in total. The molecule has 1 atom stereocenters. The maximum atomic E-state index is 11.9. The summed E-state index contributed by atoms with van der Waals surface area (Å²) >= 11 is 5.68. The minimum atomic E-state index is -0.647. The minimum absolute atomic E-state index is 0.0354. The lowest BCUT2D eigenvalue weighted by Gasteiger charge is -2.13. The summed E-state index contributed by atoms with van der Waals surface area (Å²) in [6.07, 6.45) is 0. The van der Waals surface area contributed by atoms with E-state index in [1.807, 2.05) is 13.8 Å². The van der Waals surface area contributed by atoms with Crippen molar-refractivity contribution in [1.82, 2.24) is 5.32 Å². The summed E-state index contributed by atoms with van der Waals surface area (Å²) in [4.78, 5) is 23.5. The second-order valence-corrected chi connectivity index (χ2v) is 4.93. The maximum absolute atomic E-state index is 11.9. The first-order valence-corrected chi connectivity index (χ1v) is 6.20. The third-order valence-electron chi connectivity index (χ3n) is 2.21. The molecule has 0 bridgehead atoms. The highest BCUT2D eigenvalue weighted by atomic mass is 35.5. The van der Waals surface area contributed by atoms with E-state index >= 15 is 0 Å². The van der Waals surface area contributed by atoms with Gasteiger partial charge in [-0.15, -0.1) is 11.6 Å². The van der Waals surface area contributed by atoms with Gasteiger partial charge in [0.25, 0.3) is 5.91 Å². The zero-order valence-electron chi connectivity index (χ0n) is 10.7. The summed E-state index contributed by atoms with van der Waals surface area (Å²) in [5.41, 5.74) is 0.894. The molecule has 98 valence electrons. The third kappa shape index (κ3) is 4.04. The van der Waals surface area contributed by atoms with Crippen LogP contribution < -0.4 is 10.6 Å². The van der Waals surface area contributed by atoms with Crippen molar-refractivity contribution in [2.45, 2.75) is 32.2 Å². The molecule has 2 amide bonds. The van der Waals surface area contributed by atoms with Gasteiger partial charge in [-0.1, -0.05) is 12.1 Å². The van der Waals surface area contributed by atoms with Crippen LogP contribution in [-0.4, -0.2) is 23.2 Å². The SMILES string of the molecule is CC(C)NC(=O)c1ccccc1NC(=O)C(C)Cl. The summed E-state index contributed by atoms with van der Waals surface area (Å²) in [5, 5.41) is 4.76. The number of carbonyl (C=O) groups is 2. The van der Waals surface area contributed by atoms with Crippen LogP contribution in [0.1, 0.15) is 31.1 Å². The molecule has 1 unspecified atom stereocenters. The Morgan fingerprint density at radius 1 is 1.17 bits per heavy atom. The minimum Gasteiger partial charge on any atom is -0.350 e. The normalized spacial score (nSPS) is 12.1. The molecule has 0 aliphatic carbocycles. The lowest BCUT2D eigenvalue weighted by Crippen LogP contribution is -2.31. The maximum Gasteiger partial charge on any atom is 0.253 e. The number of anilines is 1. The molecular formula is C13H17ClN2O2. The van der Waals surface area contributed by atoms with Gasteiger partial charge in [0.15, 0.2) is 0 Å². The number of hydrogen-bond acceptors (Lipinski definition) is 2. The van der Waals surface area contributed by atoms with Crippen LogP contribution in [-0.2, 0) is 4.79 Å². The van der Waals surface area contributed by atoms with E-state index in [2.05, 4.69) is 10.6 Å². The Morgan fingerprint density at radius 2 is 1.78 bits per heavy atom. The Balaban J connectivity index is 2.92. The van der Waals surface area contributed by atoms with Gasteiger partial charge in [-0.25, -0.2) is 0 Å². The van der Waals surface area contributed by atoms with Crippen LogP contribution in [0.15, 0.2) is 24.3 Å². The van der Waals surface area contributed by atoms with Crippen LogP contribution in [0.5, 0.6) is 0 Å². The van der Waals surface area contributed by atoms with Crippen LogP contribution in [0.25, 0.3) is 0 Å². The van der Waals surface area contributed by atoms with Crippen LogP contribution in [0.4, 0.5) is 5.69 Å². The Morgan fingerprint density at radius 3 is 2.33 bits per heavy atom. The number of rotatable bonds is 4. The summed E-state index contributed by atoms with van der Waals surface area (Å²) in [6, 6.07) is 6.86. The second-order valence-electron chi connectivity index (χ2n) is 4.28. The zero-order chi connectivity index (χ0) is 13.7. The highest BCUT2D eigenvalue weighted by Crippen LogP contribution is 2.16. The van der Waals surface area contributed by atoms with Gasteiger partial charge in [0.05, 0.1) is 11.3 Å². The molecular weight excluding hydrogens is 252 g/mol. The highest BCUT2D eigenvalue weighted by molar-refractivity contribution is 6.32. The van der Waals surface area contributed by atoms with Crippen LogP contribution >= 0.6 is 11.6 Å². The molecule has 0 saturated carbocycles. The standard InChI is InChI=1S/C13H17ClN2O2/c1-8(2)15-13(18)10-6-4-5-7-11(10)16-12(17)9(3)14/h4-9H,1-3H3,(H,15,18)(H,16,17). The smallest absolute Gasteiger partial charge is 0.253 e. The van der Waals surface area contributed by atoms with Gasteiger partial charge >= 0.3 is 0 Å². The van der Waals surface area contributed by atoms with Crippen molar-refractivity contribution in [2.24, 2.45) is 0 Å². The lowest BCUT2D eigenvalue weighted by molar-refractivity contribution is -0.115. The molecule has 18 heavy (non-hydrogen) atoms. The molecule has 1 aromatic carbocycles. The van der Waals surface area contributed by atoms with E-state index in [-0.39, 0.29) is 17.9 Å². The molecule has 5 heteroatoms. The van der Waals surface area contributed by atoms with Crippen molar-refractivity contribution < 1.29 is 9.59 Å². The first-order valence-electron chi connectivity index (χ1n) is 5.76. The van der Waals surface area contributed by atoms with Gasteiger partial charge in [0.1, 0.15) is 5.38 Å². The fraction of sp³-hybridized carbons (Fsp3) is 0.385. The third-order valence-corrected chi connectivity index (χ3v) is 2.41. The van der Waals surface area contributed by atoms with E-state index in [0.29, 0.717) is 11.3 Å². The van der Waals surface area contributed by atoms with Crippen LogP contribution in [0.2, 0.25) is 0 Å².